The Morgan fingerprint density at radius 3 is 2.46 bits per heavy atom. The van der Waals surface area contributed by atoms with Crippen molar-refractivity contribution in [3.63, 3.8) is 0 Å². The predicted molar refractivity (Wildman–Crippen MR) is 54.6 cm³/mol. The summed E-state index contributed by atoms with van der Waals surface area (Å²) in [4.78, 5) is 0. The van der Waals surface area contributed by atoms with Gasteiger partial charge in [0.05, 0.1) is 6.10 Å². The smallest absolute Gasteiger partial charge is 0.0665 e. The molecule has 1 aromatic carbocycles. The molecule has 0 radical (unpaired) electrons. The van der Waals surface area contributed by atoms with Gasteiger partial charge in [0.25, 0.3) is 0 Å². The van der Waals surface area contributed by atoms with Gasteiger partial charge in [0.2, 0.25) is 0 Å². The molecule has 0 aliphatic carbocycles. The number of aliphatic hydroxyl groups is 1. The van der Waals surface area contributed by atoms with Gasteiger partial charge < -0.3 is 10.8 Å². The molecule has 0 fully saturated rings. The van der Waals surface area contributed by atoms with Crippen molar-refractivity contribution in [1.82, 2.24) is 0 Å². The van der Waals surface area contributed by atoms with E-state index in [0.29, 0.717) is 6.54 Å². The van der Waals surface area contributed by atoms with Crippen molar-refractivity contribution in [3.05, 3.63) is 35.4 Å². The van der Waals surface area contributed by atoms with Gasteiger partial charge in [-0.15, -0.1) is 0 Å². The van der Waals surface area contributed by atoms with Gasteiger partial charge in [0.15, 0.2) is 0 Å². The molecule has 72 valence electrons. The highest BCUT2D eigenvalue weighted by atomic mass is 16.3. The normalized spacial score (nSPS) is 12.8. The Labute approximate surface area is 79.4 Å². The van der Waals surface area contributed by atoms with Crippen molar-refractivity contribution >= 4 is 0 Å². The van der Waals surface area contributed by atoms with E-state index < -0.39 is 0 Å². The van der Waals surface area contributed by atoms with Crippen LogP contribution in [0.15, 0.2) is 24.3 Å². The molecule has 0 amide bonds. The van der Waals surface area contributed by atoms with E-state index in [0.717, 1.165) is 12.8 Å². The van der Waals surface area contributed by atoms with Gasteiger partial charge in [-0.1, -0.05) is 29.8 Å². The van der Waals surface area contributed by atoms with Crippen LogP contribution in [0.1, 0.15) is 17.5 Å². The summed E-state index contributed by atoms with van der Waals surface area (Å²) in [6, 6.07) is 8.37. The summed E-state index contributed by atoms with van der Waals surface area (Å²) >= 11 is 0. The number of aryl methyl sites for hydroxylation is 2. The molecule has 2 nitrogen and oxygen atoms in total. The van der Waals surface area contributed by atoms with Crippen LogP contribution in [0.25, 0.3) is 0 Å². The van der Waals surface area contributed by atoms with Crippen LogP contribution in [0.3, 0.4) is 0 Å². The summed E-state index contributed by atoms with van der Waals surface area (Å²) in [6.07, 6.45) is 1.29. The molecule has 2 heteroatoms. The molecule has 1 atom stereocenters. The SMILES string of the molecule is Cc1ccc(CCC(O)CN)cc1. The standard InChI is InChI=1S/C11H17NO/c1-9-2-4-10(5-3-9)6-7-11(13)8-12/h2-5,11,13H,6-8,12H2,1H3. The summed E-state index contributed by atoms with van der Waals surface area (Å²) in [5, 5.41) is 9.25. The Morgan fingerprint density at radius 2 is 1.92 bits per heavy atom. The van der Waals surface area contributed by atoms with Crippen molar-refractivity contribution in [1.29, 1.82) is 0 Å². The zero-order valence-corrected chi connectivity index (χ0v) is 8.03. The average Bonchev–Trinajstić information content (AvgIpc) is 2.16. The van der Waals surface area contributed by atoms with Gasteiger partial charge in [0.1, 0.15) is 0 Å². The Balaban J connectivity index is 2.41. The summed E-state index contributed by atoms with van der Waals surface area (Å²) < 4.78 is 0. The highest BCUT2D eigenvalue weighted by molar-refractivity contribution is 5.21. The summed E-state index contributed by atoms with van der Waals surface area (Å²) in [5.41, 5.74) is 7.84. The first-order chi connectivity index (χ1) is 6.22. The summed E-state index contributed by atoms with van der Waals surface area (Å²) in [5.74, 6) is 0. The number of benzene rings is 1. The van der Waals surface area contributed by atoms with Crippen molar-refractivity contribution < 1.29 is 5.11 Å². The van der Waals surface area contributed by atoms with Crippen LogP contribution < -0.4 is 5.73 Å². The van der Waals surface area contributed by atoms with E-state index in [1.165, 1.54) is 11.1 Å². The van der Waals surface area contributed by atoms with E-state index in [-0.39, 0.29) is 6.10 Å². The van der Waals surface area contributed by atoms with Gasteiger partial charge >= 0.3 is 0 Å². The second-order valence-electron chi connectivity index (χ2n) is 3.41. The predicted octanol–water partition coefficient (Wildman–Crippen LogP) is 1.25. The van der Waals surface area contributed by atoms with Crippen LogP contribution >= 0.6 is 0 Å². The maximum Gasteiger partial charge on any atom is 0.0665 e. The molecule has 1 unspecified atom stereocenters. The van der Waals surface area contributed by atoms with Crippen molar-refractivity contribution in [3.8, 4) is 0 Å². The lowest BCUT2D eigenvalue weighted by atomic mass is 10.1. The lowest BCUT2D eigenvalue weighted by Crippen LogP contribution is -2.20. The molecule has 0 spiro atoms. The fraction of sp³-hybridized carbons (Fsp3) is 0.455. The van der Waals surface area contributed by atoms with E-state index in [9.17, 15) is 5.11 Å². The second-order valence-corrected chi connectivity index (χ2v) is 3.41. The third-order valence-electron chi connectivity index (χ3n) is 2.16. The van der Waals surface area contributed by atoms with E-state index in [1.807, 2.05) is 0 Å². The minimum Gasteiger partial charge on any atom is -0.392 e. The van der Waals surface area contributed by atoms with Crippen molar-refractivity contribution in [2.45, 2.75) is 25.9 Å². The van der Waals surface area contributed by atoms with Crippen LogP contribution in [-0.2, 0) is 6.42 Å². The Kier molecular flexibility index (Phi) is 3.93. The molecule has 0 saturated heterocycles. The fourth-order valence-corrected chi connectivity index (χ4v) is 1.21. The van der Waals surface area contributed by atoms with E-state index in [2.05, 4.69) is 31.2 Å². The molecular formula is C11H17NO. The number of rotatable bonds is 4. The van der Waals surface area contributed by atoms with E-state index in [1.54, 1.807) is 0 Å². The van der Waals surface area contributed by atoms with E-state index >= 15 is 0 Å². The highest BCUT2D eigenvalue weighted by Gasteiger charge is 2.00. The van der Waals surface area contributed by atoms with Crippen LogP contribution in [0.5, 0.6) is 0 Å². The highest BCUT2D eigenvalue weighted by Crippen LogP contribution is 2.06. The topological polar surface area (TPSA) is 46.2 Å². The number of aliphatic hydroxyl groups excluding tert-OH is 1. The Morgan fingerprint density at radius 1 is 1.31 bits per heavy atom. The maximum absolute atomic E-state index is 9.25. The van der Waals surface area contributed by atoms with Gasteiger partial charge in [-0.25, -0.2) is 0 Å². The number of nitrogens with two attached hydrogens (primary N) is 1. The molecule has 0 aliphatic heterocycles. The lowest BCUT2D eigenvalue weighted by Gasteiger charge is -2.06. The quantitative estimate of drug-likeness (QED) is 0.730. The van der Waals surface area contributed by atoms with Crippen LogP contribution in [0.4, 0.5) is 0 Å². The van der Waals surface area contributed by atoms with Gasteiger partial charge in [-0.05, 0) is 25.3 Å². The number of hydrogen-bond donors (Lipinski definition) is 2. The molecule has 0 heterocycles. The molecule has 1 aromatic rings. The third-order valence-corrected chi connectivity index (χ3v) is 2.16. The van der Waals surface area contributed by atoms with Crippen molar-refractivity contribution in [2.24, 2.45) is 5.73 Å². The zero-order valence-electron chi connectivity index (χ0n) is 8.03. The minimum absolute atomic E-state index is 0.353. The van der Waals surface area contributed by atoms with Crippen LogP contribution in [0, 0.1) is 6.92 Å². The van der Waals surface area contributed by atoms with E-state index in [4.69, 9.17) is 5.73 Å². The molecule has 13 heavy (non-hydrogen) atoms. The Bertz CT molecular complexity index is 243. The first kappa shape index (κ1) is 10.2. The molecule has 3 N–H and O–H groups in total. The zero-order chi connectivity index (χ0) is 9.68. The molecule has 0 aromatic heterocycles. The largest absolute Gasteiger partial charge is 0.392 e. The lowest BCUT2D eigenvalue weighted by molar-refractivity contribution is 0.173. The molecule has 1 rings (SSSR count). The first-order valence-electron chi connectivity index (χ1n) is 4.66. The third kappa shape index (κ3) is 3.57. The molecule has 0 aliphatic rings. The molecule has 0 saturated carbocycles. The number of hydrogen-bond acceptors (Lipinski definition) is 2. The van der Waals surface area contributed by atoms with Crippen LogP contribution in [-0.4, -0.2) is 17.8 Å². The van der Waals surface area contributed by atoms with Gasteiger partial charge in [-0.3, -0.25) is 0 Å². The summed E-state index contributed by atoms with van der Waals surface area (Å²) in [6.45, 7) is 2.42. The average molecular weight is 179 g/mol. The monoisotopic (exact) mass is 179 g/mol. The second kappa shape index (κ2) is 5.00. The summed E-state index contributed by atoms with van der Waals surface area (Å²) in [7, 11) is 0. The minimum atomic E-state index is -0.360. The molecule has 0 bridgehead atoms. The van der Waals surface area contributed by atoms with Crippen LogP contribution in [0.2, 0.25) is 0 Å². The first-order valence-corrected chi connectivity index (χ1v) is 4.66. The molecular weight excluding hydrogens is 162 g/mol. The van der Waals surface area contributed by atoms with Crippen molar-refractivity contribution in [2.75, 3.05) is 6.54 Å². The van der Waals surface area contributed by atoms with Gasteiger partial charge in [0, 0.05) is 6.54 Å². The Hall–Kier alpha value is -0.860. The maximum atomic E-state index is 9.25. The fourth-order valence-electron chi connectivity index (χ4n) is 1.21. The van der Waals surface area contributed by atoms with Gasteiger partial charge in [-0.2, -0.15) is 0 Å².